The van der Waals surface area contributed by atoms with E-state index in [1.54, 1.807) is 7.11 Å². The normalized spacial score (nSPS) is 10.2. The zero-order valence-electron chi connectivity index (χ0n) is 10.4. The summed E-state index contributed by atoms with van der Waals surface area (Å²) in [7, 11) is 1.71. The molecule has 0 saturated carbocycles. The van der Waals surface area contributed by atoms with Crippen molar-refractivity contribution in [1.82, 2.24) is 0 Å². The quantitative estimate of drug-likeness (QED) is 0.770. The molecule has 17 heavy (non-hydrogen) atoms. The minimum Gasteiger partial charge on any atom is -0.497 e. The fourth-order valence-electron chi connectivity index (χ4n) is 2.00. The van der Waals surface area contributed by atoms with Gasteiger partial charge in [0.05, 0.1) is 7.11 Å². The van der Waals surface area contributed by atoms with E-state index in [1.807, 2.05) is 6.07 Å². The van der Waals surface area contributed by atoms with Crippen molar-refractivity contribution in [2.75, 3.05) is 7.11 Å². The summed E-state index contributed by atoms with van der Waals surface area (Å²) < 4.78 is 5.21. The first kappa shape index (κ1) is 11.7. The molecule has 2 aromatic rings. The van der Waals surface area contributed by atoms with Crippen LogP contribution in [0.5, 0.6) is 5.75 Å². The van der Waals surface area contributed by atoms with E-state index in [4.69, 9.17) is 4.74 Å². The summed E-state index contributed by atoms with van der Waals surface area (Å²) in [6.45, 7) is 2.14. The van der Waals surface area contributed by atoms with E-state index in [9.17, 15) is 0 Å². The summed E-state index contributed by atoms with van der Waals surface area (Å²) in [5.41, 5.74) is 4.10. The van der Waals surface area contributed by atoms with Crippen LogP contribution in [0.15, 0.2) is 48.5 Å². The largest absolute Gasteiger partial charge is 0.497 e. The van der Waals surface area contributed by atoms with Crippen LogP contribution in [0.1, 0.15) is 16.7 Å². The molecule has 0 aliphatic carbocycles. The SMILES string of the molecule is COc1ccc(CCc2ccccc2)c(C)c1. The second kappa shape index (κ2) is 5.53. The van der Waals surface area contributed by atoms with E-state index in [0.29, 0.717) is 0 Å². The molecule has 0 radical (unpaired) electrons. The molecular formula is C16H18O. The molecule has 0 spiro atoms. The van der Waals surface area contributed by atoms with E-state index < -0.39 is 0 Å². The Hall–Kier alpha value is -1.76. The maximum atomic E-state index is 5.21. The lowest BCUT2D eigenvalue weighted by molar-refractivity contribution is 0.414. The average molecular weight is 226 g/mol. The van der Waals surface area contributed by atoms with E-state index in [1.165, 1.54) is 16.7 Å². The molecule has 0 heterocycles. The first-order chi connectivity index (χ1) is 8.29. The summed E-state index contributed by atoms with van der Waals surface area (Å²) in [6.07, 6.45) is 2.17. The van der Waals surface area contributed by atoms with Crippen molar-refractivity contribution < 1.29 is 4.74 Å². The van der Waals surface area contributed by atoms with Gasteiger partial charge in [0.1, 0.15) is 5.75 Å². The fraction of sp³-hybridized carbons (Fsp3) is 0.250. The fourth-order valence-corrected chi connectivity index (χ4v) is 2.00. The Morgan fingerprint density at radius 2 is 1.71 bits per heavy atom. The van der Waals surface area contributed by atoms with Gasteiger partial charge in [-0.25, -0.2) is 0 Å². The third-order valence-electron chi connectivity index (χ3n) is 3.08. The molecule has 2 rings (SSSR count). The number of rotatable bonds is 4. The predicted octanol–water partition coefficient (Wildman–Crippen LogP) is 3.79. The lowest BCUT2D eigenvalue weighted by Crippen LogP contribution is -1.95. The summed E-state index contributed by atoms with van der Waals surface area (Å²) in [5, 5.41) is 0. The minimum atomic E-state index is 0.936. The summed E-state index contributed by atoms with van der Waals surface area (Å²) in [4.78, 5) is 0. The van der Waals surface area contributed by atoms with E-state index in [0.717, 1.165) is 18.6 Å². The highest BCUT2D eigenvalue weighted by molar-refractivity contribution is 5.35. The molecule has 2 aromatic carbocycles. The Morgan fingerprint density at radius 1 is 0.941 bits per heavy atom. The Labute approximate surface area is 103 Å². The molecule has 0 aliphatic heterocycles. The van der Waals surface area contributed by atoms with Gasteiger partial charge in [0.2, 0.25) is 0 Å². The van der Waals surface area contributed by atoms with Gasteiger partial charge >= 0.3 is 0 Å². The Morgan fingerprint density at radius 3 is 2.35 bits per heavy atom. The van der Waals surface area contributed by atoms with Gasteiger partial charge in [-0.15, -0.1) is 0 Å². The molecule has 0 aromatic heterocycles. The molecule has 0 amide bonds. The van der Waals surface area contributed by atoms with Crippen LogP contribution < -0.4 is 4.74 Å². The zero-order chi connectivity index (χ0) is 12.1. The molecule has 1 nitrogen and oxygen atoms in total. The monoisotopic (exact) mass is 226 g/mol. The zero-order valence-corrected chi connectivity index (χ0v) is 10.4. The third-order valence-corrected chi connectivity index (χ3v) is 3.08. The molecule has 88 valence electrons. The van der Waals surface area contributed by atoms with Crippen molar-refractivity contribution in [3.8, 4) is 5.75 Å². The van der Waals surface area contributed by atoms with Crippen LogP contribution >= 0.6 is 0 Å². The number of hydrogen-bond acceptors (Lipinski definition) is 1. The molecule has 0 bridgehead atoms. The maximum absolute atomic E-state index is 5.21. The van der Waals surface area contributed by atoms with E-state index in [2.05, 4.69) is 49.4 Å². The molecule has 0 unspecified atom stereocenters. The van der Waals surface area contributed by atoms with Crippen molar-refractivity contribution in [3.63, 3.8) is 0 Å². The van der Waals surface area contributed by atoms with Crippen molar-refractivity contribution in [2.24, 2.45) is 0 Å². The highest BCUT2D eigenvalue weighted by Gasteiger charge is 2.01. The topological polar surface area (TPSA) is 9.23 Å². The van der Waals surface area contributed by atoms with Crippen LogP contribution in [0.4, 0.5) is 0 Å². The highest BCUT2D eigenvalue weighted by atomic mass is 16.5. The molecule has 0 saturated heterocycles. The number of hydrogen-bond donors (Lipinski definition) is 0. The molecule has 0 fully saturated rings. The lowest BCUT2D eigenvalue weighted by atomic mass is 10.0. The molecule has 0 atom stereocenters. The Kier molecular flexibility index (Phi) is 3.81. The van der Waals surface area contributed by atoms with Gasteiger partial charge in [-0.3, -0.25) is 0 Å². The van der Waals surface area contributed by atoms with Crippen molar-refractivity contribution in [3.05, 3.63) is 65.2 Å². The van der Waals surface area contributed by atoms with Gasteiger partial charge in [0, 0.05) is 0 Å². The van der Waals surface area contributed by atoms with Gasteiger partial charge in [-0.2, -0.15) is 0 Å². The third kappa shape index (κ3) is 3.10. The predicted molar refractivity (Wildman–Crippen MR) is 71.6 cm³/mol. The number of aryl methyl sites for hydroxylation is 3. The van der Waals surface area contributed by atoms with Gasteiger partial charge < -0.3 is 4.74 Å². The Balaban J connectivity index is 2.04. The van der Waals surface area contributed by atoms with Crippen molar-refractivity contribution in [2.45, 2.75) is 19.8 Å². The maximum Gasteiger partial charge on any atom is 0.119 e. The first-order valence-electron chi connectivity index (χ1n) is 5.97. The van der Waals surface area contributed by atoms with Crippen LogP contribution in [0.3, 0.4) is 0 Å². The second-order valence-electron chi connectivity index (χ2n) is 4.28. The van der Waals surface area contributed by atoms with Gasteiger partial charge in [0.15, 0.2) is 0 Å². The summed E-state index contributed by atoms with van der Waals surface area (Å²) in [5.74, 6) is 0.936. The summed E-state index contributed by atoms with van der Waals surface area (Å²) in [6, 6.07) is 16.9. The van der Waals surface area contributed by atoms with Crippen molar-refractivity contribution >= 4 is 0 Å². The van der Waals surface area contributed by atoms with Crippen LogP contribution in [0.2, 0.25) is 0 Å². The second-order valence-corrected chi connectivity index (χ2v) is 4.28. The van der Waals surface area contributed by atoms with Crippen LogP contribution in [0.25, 0.3) is 0 Å². The molecular weight excluding hydrogens is 208 g/mol. The molecule has 0 N–H and O–H groups in total. The summed E-state index contributed by atoms with van der Waals surface area (Å²) >= 11 is 0. The molecule has 0 aliphatic rings. The van der Waals surface area contributed by atoms with Gasteiger partial charge in [0.25, 0.3) is 0 Å². The minimum absolute atomic E-state index is 0.936. The molecule has 1 heteroatoms. The first-order valence-corrected chi connectivity index (χ1v) is 5.97. The van der Waals surface area contributed by atoms with E-state index >= 15 is 0 Å². The standard InChI is InChI=1S/C16H18O/c1-13-12-16(17-2)11-10-15(13)9-8-14-6-4-3-5-7-14/h3-7,10-12H,8-9H2,1-2H3. The Bertz CT molecular complexity index is 474. The van der Waals surface area contributed by atoms with Crippen molar-refractivity contribution in [1.29, 1.82) is 0 Å². The highest BCUT2D eigenvalue weighted by Crippen LogP contribution is 2.18. The van der Waals surface area contributed by atoms with Crippen LogP contribution in [-0.4, -0.2) is 7.11 Å². The number of benzene rings is 2. The lowest BCUT2D eigenvalue weighted by Gasteiger charge is -2.08. The smallest absolute Gasteiger partial charge is 0.119 e. The number of ether oxygens (including phenoxy) is 1. The van der Waals surface area contributed by atoms with E-state index in [-0.39, 0.29) is 0 Å². The van der Waals surface area contributed by atoms with Crippen LogP contribution in [-0.2, 0) is 12.8 Å². The van der Waals surface area contributed by atoms with Gasteiger partial charge in [-0.05, 0) is 48.6 Å². The number of methoxy groups -OCH3 is 1. The average Bonchev–Trinajstić information content (AvgIpc) is 2.38. The van der Waals surface area contributed by atoms with Crippen LogP contribution in [0, 0.1) is 6.92 Å². The van der Waals surface area contributed by atoms with Gasteiger partial charge in [-0.1, -0.05) is 36.4 Å².